The van der Waals surface area contributed by atoms with E-state index in [0.717, 1.165) is 19.3 Å². The largest absolute Gasteiger partial charge is 0.342 e. The highest BCUT2D eigenvalue weighted by Crippen LogP contribution is 2.36. The molecule has 4 heteroatoms. The molecule has 3 atom stereocenters. The van der Waals surface area contributed by atoms with Crippen LogP contribution >= 0.6 is 0 Å². The maximum atomic E-state index is 11.7. The van der Waals surface area contributed by atoms with Crippen LogP contribution in [0.1, 0.15) is 44.9 Å². The van der Waals surface area contributed by atoms with Crippen molar-refractivity contribution in [1.29, 1.82) is 0 Å². The van der Waals surface area contributed by atoms with Gasteiger partial charge in [0.2, 0.25) is 5.91 Å². The molecule has 1 heterocycles. The van der Waals surface area contributed by atoms with E-state index < -0.39 is 0 Å². The molecule has 16 heavy (non-hydrogen) atoms. The highest BCUT2D eigenvalue weighted by atomic mass is 16.2. The number of carbonyl (C=O) groups excluding carboxylic acids is 1. The Morgan fingerprint density at radius 3 is 2.88 bits per heavy atom. The van der Waals surface area contributed by atoms with E-state index in [2.05, 4.69) is 7.85 Å². The van der Waals surface area contributed by atoms with E-state index in [0.29, 0.717) is 24.3 Å². The monoisotopic (exact) mass is 222 g/mol. The fraction of sp³-hybridized carbons (Fsp3) is 0.917. The van der Waals surface area contributed by atoms with E-state index in [1.807, 2.05) is 11.9 Å². The molecule has 0 aromatic rings. The van der Waals surface area contributed by atoms with Crippen molar-refractivity contribution in [2.45, 2.75) is 56.4 Å². The molecule has 2 rings (SSSR count). The van der Waals surface area contributed by atoms with Gasteiger partial charge in [0.25, 0.3) is 0 Å². The molecule has 90 valence electrons. The third-order valence-corrected chi connectivity index (χ3v) is 4.59. The standard InChI is InChI=1S/C12H23BN2O/c1-15-10-5-3-2-4-8-12(13,14)9(10)6-7-11(15)16/h9-10H,2-8,13-14H2,1H3. The molecular weight excluding hydrogens is 199 g/mol. The Morgan fingerprint density at radius 2 is 2.12 bits per heavy atom. The maximum absolute atomic E-state index is 11.7. The Balaban J connectivity index is 2.20. The molecule has 2 aliphatic rings. The highest BCUT2D eigenvalue weighted by molar-refractivity contribution is 6.15. The van der Waals surface area contributed by atoms with Crippen LogP contribution < -0.4 is 5.73 Å². The van der Waals surface area contributed by atoms with Crippen LogP contribution in [0.2, 0.25) is 0 Å². The Labute approximate surface area is 99.2 Å². The minimum Gasteiger partial charge on any atom is -0.342 e. The van der Waals surface area contributed by atoms with Crippen LogP contribution in [0.5, 0.6) is 0 Å². The number of piperidine rings is 1. The third-order valence-electron chi connectivity index (χ3n) is 4.59. The van der Waals surface area contributed by atoms with Gasteiger partial charge in [0.1, 0.15) is 7.85 Å². The van der Waals surface area contributed by atoms with Gasteiger partial charge in [-0.25, -0.2) is 0 Å². The molecule has 1 saturated carbocycles. The van der Waals surface area contributed by atoms with Crippen LogP contribution in [-0.2, 0) is 4.79 Å². The second kappa shape index (κ2) is 4.40. The van der Waals surface area contributed by atoms with Crippen molar-refractivity contribution >= 4 is 13.8 Å². The zero-order valence-electron chi connectivity index (χ0n) is 10.5. The van der Waals surface area contributed by atoms with Crippen LogP contribution in [-0.4, -0.2) is 37.2 Å². The van der Waals surface area contributed by atoms with Crippen molar-refractivity contribution in [2.75, 3.05) is 7.05 Å². The fourth-order valence-electron chi connectivity index (χ4n) is 3.49. The highest BCUT2D eigenvalue weighted by Gasteiger charge is 2.42. The minimum absolute atomic E-state index is 0.0833. The van der Waals surface area contributed by atoms with Crippen LogP contribution in [0.15, 0.2) is 0 Å². The van der Waals surface area contributed by atoms with E-state index in [-0.39, 0.29) is 5.44 Å². The van der Waals surface area contributed by atoms with Gasteiger partial charge in [0.15, 0.2) is 0 Å². The summed E-state index contributed by atoms with van der Waals surface area (Å²) in [5.41, 5.74) is 6.39. The number of carbonyl (C=O) groups is 1. The molecule has 0 aromatic heterocycles. The van der Waals surface area contributed by atoms with E-state index in [1.54, 1.807) is 0 Å². The van der Waals surface area contributed by atoms with Gasteiger partial charge in [-0.3, -0.25) is 4.79 Å². The van der Waals surface area contributed by atoms with Gasteiger partial charge in [-0.15, -0.1) is 0 Å². The Bertz CT molecular complexity index is 280. The summed E-state index contributed by atoms with van der Waals surface area (Å²) in [5.74, 6) is 0.799. The first-order valence-corrected chi connectivity index (χ1v) is 6.57. The van der Waals surface area contributed by atoms with E-state index in [4.69, 9.17) is 5.73 Å². The van der Waals surface area contributed by atoms with Crippen LogP contribution in [0, 0.1) is 5.92 Å². The summed E-state index contributed by atoms with van der Waals surface area (Å²) in [6.07, 6.45) is 7.67. The van der Waals surface area contributed by atoms with E-state index in [9.17, 15) is 4.79 Å². The first-order valence-electron chi connectivity index (χ1n) is 6.57. The number of nitrogens with zero attached hydrogens (tertiary/aromatic N) is 1. The molecule has 0 spiro atoms. The van der Waals surface area contributed by atoms with E-state index >= 15 is 0 Å². The summed E-state index contributed by atoms with van der Waals surface area (Å²) in [7, 11) is 4.14. The number of amides is 1. The number of fused-ring (bicyclic) bond motifs is 1. The molecule has 0 aromatic carbocycles. The Morgan fingerprint density at radius 1 is 1.38 bits per heavy atom. The number of hydrogen-bond acceptors (Lipinski definition) is 2. The normalized spacial score (nSPS) is 41.1. The van der Waals surface area contributed by atoms with Crippen LogP contribution in [0.4, 0.5) is 0 Å². The second-order valence-electron chi connectivity index (χ2n) is 5.82. The molecule has 1 saturated heterocycles. The molecule has 2 fully saturated rings. The molecule has 3 nitrogen and oxygen atoms in total. The second-order valence-corrected chi connectivity index (χ2v) is 5.82. The average molecular weight is 222 g/mol. The first-order chi connectivity index (χ1) is 7.52. The zero-order valence-corrected chi connectivity index (χ0v) is 10.5. The molecule has 1 aliphatic heterocycles. The lowest BCUT2D eigenvalue weighted by Crippen LogP contribution is -2.59. The van der Waals surface area contributed by atoms with Crippen molar-refractivity contribution in [2.24, 2.45) is 11.7 Å². The molecule has 2 N–H and O–H groups in total. The summed E-state index contributed by atoms with van der Waals surface area (Å²) in [6, 6.07) is 0.386. The predicted octanol–water partition coefficient (Wildman–Crippen LogP) is 0.476. The van der Waals surface area contributed by atoms with E-state index in [1.165, 1.54) is 19.3 Å². The molecule has 3 unspecified atom stereocenters. The van der Waals surface area contributed by atoms with Crippen molar-refractivity contribution < 1.29 is 4.79 Å². The topological polar surface area (TPSA) is 46.3 Å². The third kappa shape index (κ3) is 2.12. The molecule has 1 aliphatic carbocycles. The number of hydrogen-bond donors (Lipinski definition) is 1. The van der Waals surface area contributed by atoms with Crippen molar-refractivity contribution in [3.05, 3.63) is 0 Å². The van der Waals surface area contributed by atoms with Gasteiger partial charge in [0, 0.05) is 19.5 Å². The van der Waals surface area contributed by atoms with Crippen LogP contribution in [0.25, 0.3) is 0 Å². The van der Waals surface area contributed by atoms with Gasteiger partial charge in [-0.2, -0.15) is 0 Å². The van der Waals surface area contributed by atoms with Gasteiger partial charge in [-0.05, 0) is 30.6 Å². The molecule has 0 radical (unpaired) electrons. The van der Waals surface area contributed by atoms with Crippen molar-refractivity contribution in [3.63, 3.8) is 0 Å². The Hall–Kier alpha value is -0.505. The lowest BCUT2D eigenvalue weighted by Gasteiger charge is -2.48. The summed E-state index contributed by atoms with van der Waals surface area (Å²) in [4.78, 5) is 13.7. The van der Waals surface area contributed by atoms with Crippen LogP contribution in [0.3, 0.4) is 0 Å². The van der Waals surface area contributed by atoms with Gasteiger partial charge in [0.05, 0.1) is 0 Å². The number of likely N-dealkylation sites (tertiary alicyclic amines) is 1. The van der Waals surface area contributed by atoms with Gasteiger partial charge < -0.3 is 10.6 Å². The number of nitrogens with two attached hydrogens (primary N) is 1. The van der Waals surface area contributed by atoms with Crippen molar-refractivity contribution in [1.82, 2.24) is 4.90 Å². The molecule has 1 amide bonds. The number of rotatable bonds is 0. The quantitative estimate of drug-likeness (QED) is 0.606. The Kier molecular flexibility index (Phi) is 3.29. The molecular formula is C12H23BN2O. The lowest BCUT2D eigenvalue weighted by atomic mass is 9.59. The predicted molar refractivity (Wildman–Crippen MR) is 67.8 cm³/mol. The lowest BCUT2D eigenvalue weighted by molar-refractivity contribution is -0.138. The zero-order chi connectivity index (χ0) is 11.8. The summed E-state index contributed by atoms with van der Waals surface area (Å²) in [6.45, 7) is 0. The summed E-state index contributed by atoms with van der Waals surface area (Å²) < 4.78 is 0. The van der Waals surface area contributed by atoms with Gasteiger partial charge in [-0.1, -0.05) is 19.3 Å². The van der Waals surface area contributed by atoms with Gasteiger partial charge >= 0.3 is 0 Å². The first kappa shape index (κ1) is 12.0. The maximum Gasteiger partial charge on any atom is 0.222 e. The fourth-order valence-corrected chi connectivity index (χ4v) is 3.49. The minimum atomic E-state index is -0.0833. The average Bonchev–Trinajstić information content (AvgIpc) is 2.21. The molecule has 0 bridgehead atoms. The smallest absolute Gasteiger partial charge is 0.222 e. The summed E-state index contributed by atoms with van der Waals surface area (Å²) >= 11 is 0. The van der Waals surface area contributed by atoms with Crippen molar-refractivity contribution in [3.8, 4) is 0 Å². The summed E-state index contributed by atoms with van der Waals surface area (Å²) in [5, 5.41) is 0. The SMILES string of the molecule is BC1(N)CCCCCC2C1CCC(=O)N2C.